The maximum absolute atomic E-state index is 12.3. The molecule has 10 heteroatoms. The number of nitriles is 1. The number of hydrogen-bond donors (Lipinski definition) is 1. The minimum atomic E-state index is -0.271. The molecule has 0 saturated carbocycles. The van der Waals surface area contributed by atoms with Crippen molar-refractivity contribution in [2.75, 3.05) is 44.3 Å². The predicted molar refractivity (Wildman–Crippen MR) is 108 cm³/mol. The van der Waals surface area contributed by atoms with Gasteiger partial charge in [0.1, 0.15) is 17.4 Å². The first-order valence-corrected chi connectivity index (χ1v) is 9.82. The number of nitrogens with zero attached hydrogens (tertiary/aromatic N) is 6. The average molecular weight is 407 g/mol. The van der Waals surface area contributed by atoms with Gasteiger partial charge in [-0.1, -0.05) is 0 Å². The van der Waals surface area contributed by atoms with Gasteiger partial charge >= 0.3 is 6.09 Å². The van der Waals surface area contributed by atoms with E-state index in [1.54, 1.807) is 29.0 Å². The number of anilines is 1. The molecule has 30 heavy (non-hydrogen) atoms. The first kappa shape index (κ1) is 18.4. The summed E-state index contributed by atoms with van der Waals surface area (Å²) in [5.74, 6) is 0. The highest BCUT2D eigenvalue weighted by Crippen LogP contribution is 2.32. The van der Waals surface area contributed by atoms with Crippen LogP contribution in [0.3, 0.4) is 0 Å². The molecule has 2 saturated heterocycles. The molecule has 2 aliphatic rings. The fourth-order valence-corrected chi connectivity index (χ4v) is 3.83. The molecule has 3 aromatic rings. The number of carbonyl (C=O) groups excluding carboxylic acids is 1. The summed E-state index contributed by atoms with van der Waals surface area (Å²) in [6, 6.07) is 6.18. The van der Waals surface area contributed by atoms with Gasteiger partial charge in [-0.2, -0.15) is 10.4 Å². The molecule has 10 nitrogen and oxygen atoms in total. The van der Waals surface area contributed by atoms with Crippen LogP contribution in [0.25, 0.3) is 22.3 Å². The van der Waals surface area contributed by atoms with Crippen molar-refractivity contribution >= 4 is 22.8 Å². The number of aromatic nitrogens is 4. The summed E-state index contributed by atoms with van der Waals surface area (Å²) in [4.78, 5) is 24.0. The molecule has 0 radical (unpaired) electrons. The summed E-state index contributed by atoms with van der Waals surface area (Å²) in [5.41, 5.74) is 3.84. The monoisotopic (exact) mass is 407 g/mol. The summed E-state index contributed by atoms with van der Waals surface area (Å²) in [6.45, 7) is 3.56. The number of H-pyrrole nitrogens is 1. The van der Waals surface area contributed by atoms with Crippen molar-refractivity contribution in [3.8, 4) is 17.3 Å². The third-order valence-electron chi connectivity index (χ3n) is 5.60. The van der Waals surface area contributed by atoms with Gasteiger partial charge in [0.25, 0.3) is 0 Å². The van der Waals surface area contributed by atoms with Gasteiger partial charge in [0.05, 0.1) is 30.7 Å². The standard InChI is InChI=1S/C20H21N7O3/c1-25-18(9-21)15(10-23-25)16-8-14-17(2-3-22-19(14)24-16)26-4-6-27(7-5-26)20(28)30-13-11-29-12-13/h2-3,8,10,13H,4-7,11-12H2,1H3,(H,22,24). The first-order valence-electron chi connectivity index (χ1n) is 9.82. The molecular formula is C20H21N7O3. The zero-order valence-corrected chi connectivity index (χ0v) is 16.5. The van der Waals surface area contributed by atoms with E-state index < -0.39 is 0 Å². The number of carbonyl (C=O) groups is 1. The molecule has 3 aromatic heterocycles. The van der Waals surface area contributed by atoms with E-state index in [1.165, 1.54) is 0 Å². The summed E-state index contributed by atoms with van der Waals surface area (Å²) in [5, 5.41) is 14.6. The molecule has 5 rings (SSSR count). The van der Waals surface area contributed by atoms with Gasteiger partial charge in [0, 0.05) is 50.5 Å². The highest BCUT2D eigenvalue weighted by Gasteiger charge is 2.28. The normalized spacial score (nSPS) is 17.1. The van der Waals surface area contributed by atoms with E-state index in [0.717, 1.165) is 28.0 Å². The van der Waals surface area contributed by atoms with E-state index in [1.807, 2.05) is 12.1 Å². The van der Waals surface area contributed by atoms with Crippen LogP contribution >= 0.6 is 0 Å². The number of piperazine rings is 1. The van der Waals surface area contributed by atoms with Gasteiger partial charge < -0.3 is 24.3 Å². The lowest BCUT2D eigenvalue weighted by atomic mass is 10.1. The fourth-order valence-electron chi connectivity index (χ4n) is 3.83. The van der Waals surface area contributed by atoms with Crippen LogP contribution in [0.2, 0.25) is 0 Å². The van der Waals surface area contributed by atoms with E-state index in [-0.39, 0.29) is 12.2 Å². The van der Waals surface area contributed by atoms with Crippen molar-refractivity contribution in [1.29, 1.82) is 5.26 Å². The van der Waals surface area contributed by atoms with Crippen LogP contribution in [0.15, 0.2) is 24.5 Å². The van der Waals surface area contributed by atoms with Gasteiger partial charge in [0.2, 0.25) is 0 Å². The van der Waals surface area contributed by atoms with Crippen LogP contribution in [-0.2, 0) is 16.5 Å². The summed E-state index contributed by atoms with van der Waals surface area (Å²) >= 11 is 0. The minimum Gasteiger partial charge on any atom is -0.441 e. The number of nitrogens with one attached hydrogen (secondary N) is 1. The minimum absolute atomic E-state index is 0.112. The molecule has 2 fully saturated rings. The van der Waals surface area contributed by atoms with E-state index in [2.05, 4.69) is 26.0 Å². The Morgan fingerprint density at radius 2 is 2.13 bits per heavy atom. The van der Waals surface area contributed by atoms with Crippen molar-refractivity contribution in [2.45, 2.75) is 6.10 Å². The lowest BCUT2D eigenvalue weighted by molar-refractivity contribution is -0.104. The largest absolute Gasteiger partial charge is 0.441 e. The van der Waals surface area contributed by atoms with Gasteiger partial charge in [-0.25, -0.2) is 9.78 Å². The molecular weight excluding hydrogens is 386 g/mol. The second kappa shape index (κ2) is 7.35. The number of rotatable bonds is 3. The number of aromatic amines is 1. The van der Waals surface area contributed by atoms with Crippen LogP contribution in [0.1, 0.15) is 5.69 Å². The molecule has 0 aromatic carbocycles. The summed E-state index contributed by atoms with van der Waals surface area (Å²) < 4.78 is 12.0. The second-order valence-corrected chi connectivity index (χ2v) is 7.43. The zero-order chi connectivity index (χ0) is 20.7. The summed E-state index contributed by atoms with van der Waals surface area (Å²) in [6.07, 6.45) is 3.07. The fraction of sp³-hybridized carbons (Fsp3) is 0.400. The molecule has 0 atom stereocenters. The number of ether oxygens (including phenoxy) is 2. The number of amides is 1. The molecule has 1 amide bonds. The van der Waals surface area contributed by atoms with Crippen molar-refractivity contribution in [3.05, 3.63) is 30.2 Å². The average Bonchev–Trinajstić information content (AvgIpc) is 3.33. The first-order chi connectivity index (χ1) is 14.6. The van der Waals surface area contributed by atoms with Crippen molar-refractivity contribution < 1.29 is 14.3 Å². The van der Waals surface area contributed by atoms with Crippen LogP contribution in [0.5, 0.6) is 0 Å². The Hall–Kier alpha value is -3.58. The van der Waals surface area contributed by atoms with Crippen molar-refractivity contribution in [2.24, 2.45) is 7.05 Å². The third kappa shape index (κ3) is 3.13. The van der Waals surface area contributed by atoms with Crippen LogP contribution < -0.4 is 4.90 Å². The quantitative estimate of drug-likeness (QED) is 0.700. The molecule has 0 bridgehead atoms. The smallest absolute Gasteiger partial charge is 0.410 e. The number of fused-ring (bicyclic) bond motifs is 1. The third-order valence-corrected chi connectivity index (χ3v) is 5.60. The second-order valence-electron chi connectivity index (χ2n) is 7.43. The number of hydrogen-bond acceptors (Lipinski definition) is 7. The van der Waals surface area contributed by atoms with E-state index in [0.29, 0.717) is 45.1 Å². The van der Waals surface area contributed by atoms with E-state index in [9.17, 15) is 10.1 Å². The van der Waals surface area contributed by atoms with Crippen molar-refractivity contribution in [3.63, 3.8) is 0 Å². The SMILES string of the molecule is Cn1ncc(-c2cc3c(N4CCN(C(=O)OC5COC5)CC4)ccnc3[nH]2)c1C#N. The Labute approximate surface area is 172 Å². The van der Waals surface area contributed by atoms with E-state index >= 15 is 0 Å². The zero-order valence-electron chi connectivity index (χ0n) is 16.5. The van der Waals surface area contributed by atoms with Gasteiger partial charge in [0.15, 0.2) is 6.10 Å². The summed E-state index contributed by atoms with van der Waals surface area (Å²) in [7, 11) is 1.75. The Kier molecular flexibility index (Phi) is 4.52. The lowest BCUT2D eigenvalue weighted by Gasteiger charge is -2.37. The Bertz CT molecular complexity index is 1130. The Morgan fingerprint density at radius 1 is 1.33 bits per heavy atom. The molecule has 5 heterocycles. The highest BCUT2D eigenvalue weighted by atomic mass is 16.6. The number of aryl methyl sites for hydroxylation is 1. The topological polar surface area (TPSA) is 112 Å². The Morgan fingerprint density at radius 3 is 2.83 bits per heavy atom. The molecule has 0 aliphatic carbocycles. The Balaban J connectivity index is 1.36. The number of pyridine rings is 1. The lowest BCUT2D eigenvalue weighted by Crippen LogP contribution is -2.51. The molecule has 0 unspecified atom stereocenters. The molecule has 154 valence electrons. The van der Waals surface area contributed by atoms with Crippen molar-refractivity contribution in [1.82, 2.24) is 24.6 Å². The van der Waals surface area contributed by atoms with Gasteiger partial charge in [-0.05, 0) is 12.1 Å². The van der Waals surface area contributed by atoms with E-state index in [4.69, 9.17) is 9.47 Å². The highest BCUT2D eigenvalue weighted by molar-refractivity contribution is 5.94. The van der Waals surface area contributed by atoms with Crippen LogP contribution in [0, 0.1) is 11.3 Å². The maximum atomic E-state index is 12.3. The van der Waals surface area contributed by atoms with Crippen LogP contribution in [0.4, 0.5) is 10.5 Å². The maximum Gasteiger partial charge on any atom is 0.410 e. The van der Waals surface area contributed by atoms with Crippen LogP contribution in [-0.4, -0.2) is 76.2 Å². The molecule has 2 aliphatic heterocycles. The van der Waals surface area contributed by atoms with Gasteiger partial charge in [-0.15, -0.1) is 0 Å². The van der Waals surface area contributed by atoms with Gasteiger partial charge in [-0.3, -0.25) is 4.68 Å². The predicted octanol–water partition coefficient (Wildman–Crippen LogP) is 1.49. The molecule has 1 N–H and O–H groups in total. The molecule has 0 spiro atoms.